The van der Waals surface area contributed by atoms with Gasteiger partial charge in [0.2, 0.25) is 0 Å². The van der Waals surface area contributed by atoms with Crippen LogP contribution in [0.2, 0.25) is 5.15 Å². The normalized spacial score (nSPS) is 10.5. The molecule has 3 aromatic rings. The molecule has 116 valence electrons. The predicted molar refractivity (Wildman–Crippen MR) is 88.9 cm³/mol. The van der Waals surface area contributed by atoms with Gasteiger partial charge in [0.15, 0.2) is 0 Å². The number of rotatable bonds is 4. The monoisotopic (exact) mass is 327 g/mol. The largest absolute Gasteiger partial charge is 0.497 e. The third-order valence-corrected chi connectivity index (χ3v) is 3.67. The molecule has 0 aliphatic carbocycles. The molecule has 3 rings (SSSR count). The number of aromatic nitrogens is 1. The van der Waals surface area contributed by atoms with Crippen LogP contribution < -0.4 is 4.74 Å². The molecule has 0 N–H and O–H groups in total. The standard InChI is InChI=1S/C18H14ClNO3/c1-22-16-6-5-13-8-15(4-3-14(13)9-16)18(21)23-11-12-2-7-17(19)20-10-12/h2-10H,11H2,1H3. The van der Waals surface area contributed by atoms with Crippen LogP contribution in [0.1, 0.15) is 15.9 Å². The molecule has 0 unspecified atom stereocenters. The minimum absolute atomic E-state index is 0.156. The number of halogens is 1. The third kappa shape index (κ3) is 3.60. The van der Waals surface area contributed by atoms with E-state index >= 15 is 0 Å². The minimum Gasteiger partial charge on any atom is -0.497 e. The second-order valence-electron chi connectivity index (χ2n) is 4.99. The molecule has 5 heteroatoms. The molecule has 0 aliphatic rings. The Morgan fingerprint density at radius 1 is 1.09 bits per heavy atom. The molecule has 0 atom stereocenters. The molecule has 0 aliphatic heterocycles. The number of carbonyl (C=O) groups excluding carboxylic acids is 1. The Morgan fingerprint density at radius 2 is 1.87 bits per heavy atom. The molecule has 1 heterocycles. The number of methoxy groups -OCH3 is 1. The van der Waals surface area contributed by atoms with E-state index in [0.717, 1.165) is 22.1 Å². The van der Waals surface area contributed by atoms with Crippen molar-refractivity contribution in [2.75, 3.05) is 7.11 Å². The maximum atomic E-state index is 12.2. The van der Waals surface area contributed by atoms with Crippen molar-refractivity contribution in [2.45, 2.75) is 6.61 Å². The topological polar surface area (TPSA) is 48.4 Å². The molecular formula is C18H14ClNO3. The summed E-state index contributed by atoms with van der Waals surface area (Å²) in [6, 6.07) is 14.5. The van der Waals surface area contributed by atoms with Crippen molar-refractivity contribution >= 4 is 28.3 Å². The van der Waals surface area contributed by atoms with Crippen LogP contribution in [0.3, 0.4) is 0 Å². The van der Waals surface area contributed by atoms with Crippen LogP contribution >= 0.6 is 11.6 Å². The summed E-state index contributed by atoms with van der Waals surface area (Å²) in [6.45, 7) is 0.156. The molecule has 2 aromatic carbocycles. The highest BCUT2D eigenvalue weighted by molar-refractivity contribution is 6.29. The van der Waals surface area contributed by atoms with Crippen LogP contribution in [0, 0.1) is 0 Å². The Morgan fingerprint density at radius 3 is 2.61 bits per heavy atom. The summed E-state index contributed by atoms with van der Waals surface area (Å²) in [6.07, 6.45) is 1.59. The SMILES string of the molecule is COc1ccc2cc(C(=O)OCc3ccc(Cl)nc3)ccc2c1. The maximum absolute atomic E-state index is 12.2. The Bertz CT molecular complexity index is 847. The van der Waals surface area contributed by atoms with Crippen molar-refractivity contribution in [1.29, 1.82) is 0 Å². The van der Waals surface area contributed by atoms with Gasteiger partial charge in [-0.1, -0.05) is 29.8 Å². The van der Waals surface area contributed by atoms with E-state index in [9.17, 15) is 4.79 Å². The smallest absolute Gasteiger partial charge is 0.338 e. The Labute approximate surface area is 138 Å². The molecule has 0 fully saturated rings. The van der Waals surface area contributed by atoms with E-state index in [1.807, 2.05) is 24.3 Å². The highest BCUT2D eigenvalue weighted by atomic mass is 35.5. The van der Waals surface area contributed by atoms with Gasteiger partial charge in [-0.3, -0.25) is 0 Å². The number of benzene rings is 2. The number of esters is 1. The lowest BCUT2D eigenvalue weighted by Gasteiger charge is -2.07. The van der Waals surface area contributed by atoms with Crippen molar-refractivity contribution in [3.8, 4) is 5.75 Å². The lowest BCUT2D eigenvalue weighted by molar-refractivity contribution is 0.0472. The molecule has 0 saturated heterocycles. The lowest BCUT2D eigenvalue weighted by Crippen LogP contribution is -2.05. The van der Waals surface area contributed by atoms with E-state index in [0.29, 0.717) is 10.7 Å². The second kappa shape index (κ2) is 6.67. The highest BCUT2D eigenvalue weighted by Gasteiger charge is 2.09. The number of ether oxygens (including phenoxy) is 2. The van der Waals surface area contributed by atoms with Crippen LogP contribution in [0.5, 0.6) is 5.75 Å². The molecule has 0 spiro atoms. The van der Waals surface area contributed by atoms with E-state index in [2.05, 4.69) is 4.98 Å². The van der Waals surface area contributed by atoms with Gasteiger partial charge in [-0.2, -0.15) is 0 Å². The van der Waals surface area contributed by atoms with Crippen LogP contribution in [0.25, 0.3) is 10.8 Å². The first-order chi connectivity index (χ1) is 11.2. The van der Waals surface area contributed by atoms with E-state index in [4.69, 9.17) is 21.1 Å². The van der Waals surface area contributed by atoms with Gasteiger partial charge in [-0.15, -0.1) is 0 Å². The lowest BCUT2D eigenvalue weighted by atomic mass is 10.1. The number of pyridine rings is 1. The van der Waals surface area contributed by atoms with Gasteiger partial charge in [0.05, 0.1) is 12.7 Å². The number of hydrogen-bond acceptors (Lipinski definition) is 4. The fraction of sp³-hybridized carbons (Fsp3) is 0.111. The zero-order valence-electron chi connectivity index (χ0n) is 12.5. The second-order valence-corrected chi connectivity index (χ2v) is 5.38. The first kappa shape index (κ1) is 15.3. The summed E-state index contributed by atoms with van der Waals surface area (Å²) < 4.78 is 10.5. The minimum atomic E-state index is -0.377. The van der Waals surface area contributed by atoms with Gasteiger partial charge in [-0.05, 0) is 41.1 Å². The number of hydrogen-bond donors (Lipinski definition) is 0. The Kier molecular flexibility index (Phi) is 4.44. The third-order valence-electron chi connectivity index (χ3n) is 3.44. The average Bonchev–Trinajstić information content (AvgIpc) is 2.60. The molecule has 0 saturated carbocycles. The number of fused-ring (bicyclic) bond motifs is 1. The molecular weight excluding hydrogens is 314 g/mol. The summed E-state index contributed by atoms with van der Waals surface area (Å²) in [5.74, 6) is 0.403. The van der Waals surface area contributed by atoms with E-state index in [1.54, 1.807) is 37.6 Å². The van der Waals surface area contributed by atoms with Gasteiger partial charge in [0.25, 0.3) is 0 Å². The van der Waals surface area contributed by atoms with Crippen LogP contribution in [-0.2, 0) is 11.3 Å². The summed E-state index contributed by atoms with van der Waals surface area (Å²) in [5.41, 5.74) is 1.29. The van der Waals surface area contributed by atoms with Gasteiger partial charge in [0.1, 0.15) is 17.5 Å². The van der Waals surface area contributed by atoms with Crippen LogP contribution in [0.15, 0.2) is 54.7 Å². The van der Waals surface area contributed by atoms with Gasteiger partial charge >= 0.3 is 5.97 Å². The first-order valence-corrected chi connectivity index (χ1v) is 7.39. The molecule has 0 radical (unpaired) electrons. The quantitative estimate of drug-likeness (QED) is 0.531. The molecule has 4 nitrogen and oxygen atoms in total. The number of carbonyl (C=O) groups is 1. The Balaban J connectivity index is 1.74. The van der Waals surface area contributed by atoms with E-state index in [-0.39, 0.29) is 12.6 Å². The molecule has 23 heavy (non-hydrogen) atoms. The summed E-state index contributed by atoms with van der Waals surface area (Å²) in [7, 11) is 1.62. The Hall–Kier alpha value is -2.59. The van der Waals surface area contributed by atoms with Crippen LogP contribution in [-0.4, -0.2) is 18.1 Å². The fourth-order valence-corrected chi connectivity index (χ4v) is 2.31. The van der Waals surface area contributed by atoms with E-state index < -0.39 is 0 Å². The van der Waals surface area contributed by atoms with Crippen LogP contribution in [0.4, 0.5) is 0 Å². The zero-order valence-corrected chi connectivity index (χ0v) is 13.2. The van der Waals surface area contributed by atoms with E-state index in [1.165, 1.54) is 0 Å². The van der Waals surface area contributed by atoms with Gasteiger partial charge in [0, 0.05) is 11.8 Å². The molecule has 0 amide bonds. The average molecular weight is 328 g/mol. The van der Waals surface area contributed by atoms with Crippen molar-refractivity contribution in [3.63, 3.8) is 0 Å². The maximum Gasteiger partial charge on any atom is 0.338 e. The fourth-order valence-electron chi connectivity index (χ4n) is 2.20. The van der Waals surface area contributed by atoms with Crippen molar-refractivity contribution in [2.24, 2.45) is 0 Å². The van der Waals surface area contributed by atoms with Gasteiger partial charge < -0.3 is 9.47 Å². The van der Waals surface area contributed by atoms with Crippen molar-refractivity contribution in [1.82, 2.24) is 4.98 Å². The highest BCUT2D eigenvalue weighted by Crippen LogP contribution is 2.22. The summed E-state index contributed by atoms with van der Waals surface area (Å²) in [5, 5.41) is 2.36. The summed E-state index contributed by atoms with van der Waals surface area (Å²) in [4.78, 5) is 16.1. The number of nitrogens with zero attached hydrogens (tertiary/aromatic N) is 1. The van der Waals surface area contributed by atoms with Crippen molar-refractivity contribution in [3.05, 3.63) is 71.0 Å². The predicted octanol–water partition coefficient (Wildman–Crippen LogP) is 4.25. The first-order valence-electron chi connectivity index (χ1n) is 7.01. The summed E-state index contributed by atoms with van der Waals surface area (Å²) >= 11 is 5.72. The van der Waals surface area contributed by atoms with Gasteiger partial charge in [-0.25, -0.2) is 9.78 Å². The zero-order chi connectivity index (χ0) is 16.2. The van der Waals surface area contributed by atoms with Crippen molar-refractivity contribution < 1.29 is 14.3 Å². The molecule has 1 aromatic heterocycles. The molecule has 0 bridgehead atoms.